The second-order valence-corrected chi connectivity index (χ2v) is 7.29. The molecule has 0 radical (unpaired) electrons. The van der Waals surface area contributed by atoms with Crippen LogP contribution in [0.2, 0.25) is 0 Å². The molecule has 0 saturated heterocycles. The molecule has 7 heteroatoms. The molecule has 0 spiro atoms. The average molecular weight is 391 g/mol. The van der Waals surface area contributed by atoms with Gasteiger partial charge in [-0.2, -0.15) is 5.10 Å². The zero-order chi connectivity index (χ0) is 19.9. The first-order chi connectivity index (χ1) is 14.3. The molecule has 1 aliphatic rings. The predicted molar refractivity (Wildman–Crippen MR) is 109 cm³/mol. The first kappa shape index (κ1) is 19.1. The predicted octanol–water partition coefficient (Wildman–Crippen LogP) is 3.41. The number of rotatable bonds is 7. The molecule has 3 aromatic rings. The van der Waals surface area contributed by atoms with E-state index < -0.39 is 0 Å². The van der Waals surface area contributed by atoms with Crippen LogP contribution < -0.4 is 10.1 Å². The van der Waals surface area contributed by atoms with Crippen LogP contribution in [0.15, 0.2) is 61.3 Å². The Morgan fingerprint density at radius 1 is 1.14 bits per heavy atom. The summed E-state index contributed by atoms with van der Waals surface area (Å²) in [6, 6.07) is 12.0. The number of carbonyl (C=O) groups excluding carboxylic acids is 1. The highest BCUT2D eigenvalue weighted by molar-refractivity contribution is 5.76. The molecule has 0 aliphatic heterocycles. The van der Waals surface area contributed by atoms with Crippen LogP contribution in [-0.4, -0.2) is 38.3 Å². The van der Waals surface area contributed by atoms with E-state index in [1.54, 1.807) is 12.5 Å². The molecule has 1 aliphatic carbocycles. The highest BCUT2D eigenvalue weighted by Crippen LogP contribution is 2.29. The molecule has 0 unspecified atom stereocenters. The standard InChI is InChI=1S/C22H25N5O2/c28-22(11-13-29-20-4-2-1-3-5-20)26-18-6-8-19(9-7-18)27-15-17(14-25-27)21-10-12-23-16-24-21/h1-5,10,12,14-16,18-19H,6-9,11,13H2,(H,26,28). The van der Waals surface area contributed by atoms with E-state index in [4.69, 9.17) is 4.74 Å². The molecule has 1 aromatic carbocycles. The third-order valence-electron chi connectivity index (χ3n) is 5.26. The van der Waals surface area contributed by atoms with Crippen molar-refractivity contribution in [3.63, 3.8) is 0 Å². The number of benzene rings is 1. The molecule has 29 heavy (non-hydrogen) atoms. The van der Waals surface area contributed by atoms with Crippen LogP contribution in [0.25, 0.3) is 11.3 Å². The number of aromatic nitrogens is 4. The van der Waals surface area contributed by atoms with E-state index in [0.717, 1.165) is 42.7 Å². The summed E-state index contributed by atoms with van der Waals surface area (Å²) in [6.07, 6.45) is 11.5. The third-order valence-corrected chi connectivity index (χ3v) is 5.26. The van der Waals surface area contributed by atoms with Gasteiger partial charge in [-0.3, -0.25) is 9.48 Å². The minimum Gasteiger partial charge on any atom is -0.493 e. The maximum absolute atomic E-state index is 12.2. The molecule has 1 amide bonds. The largest absolute Gasteiger partial charge is 0.493 e. The van der Waals surface area contributed by atoms with Crippen molar-refractivity contribution in [3.8, 4) is 17.0 Å². The van der Waals surface area contributed by atoms with Crippen molar-refractivity contribution < 1.29 is 9.53 Å². The zero-order valence-corrected chi connectivity index (χ0v) is 16.3. The molecule has 7 nitrogen and oxygen atoms in total. The normalized spacial score (nSPS) is 18.9. The third kappa shape index (κ3) is 5.19. The Balaban J connectivity index is 1.20. The molecule has 2 aromatic heterocycles. The average Bonchev–Trinajstić information content (AvgIpc) is 3.26. The monoisotopic (exact) mass is 391 g/mol. The maximum atomic E-state index is 12.2. The van der Waals surface area contributed by atoms with Gasteiger partial charge in [0.15, 0.2) is 0 Å². The SMILES string of the molecule is O=C(CCOc1ccccc1)NC1CCC(n2cc(-c3ccncn3)cn2)CC1. The maximum Gasteiger partial charge on any atom is 0.223 e. The second-order valence-electron chi connectivity index (χ2n) is 7.29. The summed E-state index contributed by atoms with van der Waals surface area (Å²) in [5, 5.41) is 7.67. The summed E-state index contributed by atoms with van der Waals surface area (Å²) in [4.78, 5) is 20.4. The van der Waals surface area contributed by atoms with Gasteiger partial charge in [0.25, 0.3) is 0 Å². The topological polar surface area (TPSA) is 81.9 Å². The molecule has 0 bridgehead atoms. The molecule has 1 fully saturated rings. The van der Waals surface area contributed by atoms with E-state index in [-0.39, 0.29) is 11.9 Å². The summed E-state index contributed by atoms with van der Waals surface area (Å²) < 4.78 is 7.63. The van der Waals surface area contributed by atoms with Gasteiger partial charge in [-0.05, 0) is 43.9 Å². The number of nitrogens with one attached hydrogen (secondary N) is 1. The van der Waals surface area contributed by atoms with Gasteiger partial charge in [-0.1, -0.05) is 18.2 Å². The fourth-order valence-electron chi connectivity index (χ4n) is 3.69. The number of amides is 1. The van der Waals surface area contributed by atoms with E-state index in [9.17, 15) is 4.79 Å². The van der Waals surface area contributed by atoms with Crippen molar-refractivity contribution in [2.75, 3.05) is 6.61 Å². The lowest BCUT2D eigenvalue weighted by molar-refractivity contribution is -0.122. The number of hydrogen-bond donors (Lipinski definition) is 1. The Morgan fingerprint density at radius 3 is 2.72 bits per heavy atom. The van der Waals surface area contributed by atoms with E-state index in [1.807, 2.05) is 53.5 Å². The molecule has 2 heterocycles. The van der Waals surface area contributed by atoms with E-state index in [2.05, 4.69) is 20.4 Å². The van der Waals surface area contributed by atoms with Gasteiger partial charge < -0.3 is 10.1 Å². The molecule has 4 rings (SSSR count). The first-order valence-electron chi connectivity index (χ1n) is 10.1. The van der Waals surface area contributed by atoms with Crippen molar-refractivity contribution in [1.82, 2.24) is 25.1 Å². The number of hydrogen-bond acceptors (Lipinski definition) is 5. The van der Waals surface area contributed by atoms with Gasteiger partial charge in [0, 0.05) is 24.0 Å². The first-order valence-corrected chi connectivity index (χ1v) is 10.1. The Morgan fingerprint density at radius 2 is 1.97 bits per heavy atom. The number of nitrogens with zero attached hydrogens (tertiary/aromatic N) is 4. The number of carbonyl (C=O) groups is 1. The summed E-state index contributed by atoms with van der Waals surface area (Å²) in [5.74, 6) is 0.843. The van der Waals surface area contributed by atoms with Crippen molar-refractivity contribution >= 4 is 5.91 Å². The molecule has 0 atom stereocenters. The molecular formula is C22H25N5O2. The Kier molecular flexibility index (Phi) is 6.14. The van der Waals surface area contributed by atoms with Crippen LogP contribution in [0.1, 0.15) is 38.1 Å². The highest BCUT2D eigenvalue weighted by Gasteiger charge is 2.24. The second kappa shape index (κ2) is 9.32. The minimum atomic E-state index is 0.0505. The molecule has 1 N–H and O–H groups in total. The zero-order valence-electron chi connectivity index (χ0n) is 16.3. The fraction of sp³-hybridized carbons (Fsp3) is 0.364. The number of para-hydroxylation sites is 1. The van der Waals surface area contributed by atoms with Crippen molar-refractivity contribution in [1.29, 1.82) is 0 Å². The molecule has 1 saturated carbocycles. The molecular weight excluding hydrogens is 366 g/mol. The van der Waals surface area contributed by atoms with Crippen LogP contribution in [0.3, 0.4) is 0 Å². The highest BCUT2D eigenvalue weighted by atomic mass is 16.5. The van der Waals surface area contributed by atoms with E-state index in [0.29, 0.717) is 19.1 Å². The van der Waals surface area contributed by atoms with Crippen molar-refractivity contribution in [2.45, 2.75) is 44.2 Å². The Labute approximate surface area is 170 Å². The van der Waals surface area contributed by atoms with Crippen molar-refractivity contribution in [2.24, 2.45) is 0 Å². The fourth-order valence-corrected chi connectivity index (χ4v) is 3.69. The lowest BCUT2D eigenvalue weighted by Gasteiger charge is -2.29. The van der Waals surface area contributed by atoms with Crippen LogP contribution in [0.4, 0.5) is 0 Å². The van der Waals surface area contributed by atoms with Crippen LogP contribution >= 0.6 is 0 Å². The van der Waals surface area contributed by atoms with E-state index in [1.165, 1.54) is 0 Å². The number of ether oxygens (including phenoxy) is 1. The van der Waals surface area contributed by atoms with Gasteiger partial charge in [0.1, 0.15) is 12.1 Å². The lowest BCUT2D eigenvalue weighted by atomic mass is 9.91. The van der Waals surface area contributed by atoms with Crippen LogP contribution in [0.5, 0.6) is 5.75 Å². The van der Waals surface area contributed by atoms with Crippen molar-refractivity contribution in [3.05, 3.63) is 61.3 Å². The van der Waals surface area contributed by atoms with Gasteiger partial charge in [0.2, 0.25) is 5.91 Å². The van der Waals surface area contributed by atoms with Gasteiger partial charge in [-0.25, -0.2) is 9.97 Å². The van der Waals surface area contributed by atoms with E-state index >= 15 is 0 Å². The summed E-state index contributed by atoms with van der Waals surface area (Å²) in [6.45, 7) is 0.393. The Hall–Kier alpha value is -3.22. The summed E-state index contributed by atoms with van der Waals surface area (Å²) in [7, 11) is 0. The van der Waals surface area contributed by atoms with Crippen LogP contribution in [0, 0.1) is 0 Å². The van der Waals surface area contributed by atoms with Gasteiger partial charge >= 0.3 is 0 Å². The minimum absolute atomic E-state index is 0.0505. The quantitative estimate of drug-likeness (QED) is 0.667. The molecule has 150 valence electrons. The Bertz CT molecular complexity index is 905. The lowest BCUT2D eigenvalue weighted by Crippen LogP contribution is -2.38. The summed E-state index contributed by atoms with van der Waals surface area (Å²) in [5.41, 5.74) is 1.88. The van der Waals surface area contributed by atoms with Gasteiger partial charge in [-0.15, -0.1) is 0 Å². The summed E-state index contributed by atoms with van der Waals surface area (Å²) >= 11 is 0. The smallest absolute Gasteiger partial charge is 0.223 e. The van der Waals surface area contributed by atoms with Crippen LogP contribution in [-0.2, 0) is 4.79 Å². The van der Waals surface area contributed by atoms with Gasteiger partial charge in [0.05, 0.1) is 31.0 Å².